The lowest BCUT2D eigenvalue weighted by Crippen LogP contribution is -1.84. The first-order valence-corrected chi connectivity index (χ1v) is 12.0. The van der Waals surface area contributed by atoms with Crippen LogP contribution in [-0.4, -0.2) is 11.7 Å². The third-order valence-corrected chi connectivity index (χ3v) is 5.24. The molecule has 26 heavy (non-hydrogen) atoms. The Morgan fingerprint density at radius 1 is 0.423 bits per heavy atom. The minimum absolute atomic E-state index is 0.272. The van der Waals surface area contributed by atoms with E-state index >= 15 is 0 Å². The first-order chi connectivity index (χ1) is 12.9. The van der Waals surface area contributed by atoms with Crippen LogP contribution in [0.3, 0.4) is 0 Å². The summed E-state index contributed by atoms with van der Waals surface area (Å²) in [4.78, 5) is 0. The average Bonchev–Trinajstić information content (AvgIpc) is 2.66. The summed E-state index contributed by atoms with van der Waals surface area (Å²) in [5.74, 6) is 6.35. The fourth-order valence-electron chi connectivity index (χ4n) is 3.46. The lowest BCUT2D eigenvalue weighted by Gasteiger charge is -2.03. The van der Waals surface area contributed by atoms with Crippen molar-refractivity contribution in [1.82, 2.24) is 0 Å². The molecule has 1 nitrogen and oxygen atoms in total. The zero-order chi connectivity index (χ0) is 19.0. The van der Waals surface area contributed by atoms with Crippen LogP contribution in [0.5, 0.6) is 0 Å². The van der Waals surface area contributed by atoms with Gasteiger partial charge >= 0.3 is 0 Å². The Morgan fingerprint density at radius 2 is 0.731 bits per heavy atom. The summed E-state index contributed by atoms with van der Waals surface area (Å²) in [6, 6.07) is 0. The minimum Gasteiger partial charge on any atom is -0.396 e. The summed E-state index contributed by atoms with van der Waals surface area (Å²) in [5, 5.41) is 8.66. The number of aliphatic hydroxyl groups is 1. The van der Waals surface area contributed by atoms with Gasteiger partial charge in [0, 0.05) is 19.4 Å². The predicted octanol–water partition coefficient (Wildman–Crippen LogP) is 8.19. The molecule has 0 saturated heterocycles. The summed E-state index contributed by atoms with van der Waals surface area (Å²) in [5.41, 5.74) is 0. The lowest BCUT2D eigenvalue weighted by molar-refractivity contribution is 0.290. The van der Waals surface area contributed by atoms with Crippen LogP contribution >= 0.6 is 0 Å². The van der Waals surface area contributed by atoms with Crippen molar-refractivity contribution in [2.45, 2.75) is 142 Å². The zero-order valence-electron chi connectivity index (χ0n) is 18.0. The molecule has 0 atom stereocenters. The molecule has 154 valence electrons. The molecule has 0 amide bonds. The third-order valence-electron chi connectivity index (χ3n) is 5.24. The van der Waals surface area contributed by atoms with Crippen molar-refractivity contribution < 1.29 is 5.11 Å². The largest absolute Gasteiger partial charge is 0.396 e. The molecule has 1 N–H and O–H groups in total. The monoisotopic (exact) mass is 364 g/mol. The maximum absolute atomic E-state index is 8.66. The van der Waals surface area contributed by atoms with Crippen LogP contribution in [0.4, 0.5) is 0 Å². The van der Waals surface area contributed by atoms with Crippen LogP contribution in [0, 0.1) is 11.8 Å². The summed E-state index contributed by atoms with van der Waals surface area (Å²) in [6.07, 6.45) is 28.4. The topological polar surface area (TPSA) is 20.2 Å². The highest BCUT2D eigenvalue weighted by Crippen LogP contribution is 2.14. The summed E-state index contributed by atoms with van der Waals surface area (Å²) >= 11 is 0. The van der Waals surface area contributed by atoms with Gasteiger partial charge in [0.05, 0.1) is 0 Å². The second-order valence-corrected chi connectivity index (χ2v) is 7.94. The highest BCUT2D eigenvalue weighted by molar-refractivity contribution is 4.98. The van der Waals surface area contributed by atoms with Gasteiger partial charge < -0.3 is 5.11 Å². The molecule has 0 aromatic heterocycles. The highest BCUT2D eigenvalue weighted by Gasteiger charge is 1.94. The predicted molar refractivity (Wildman–Crippen MR) is 117 cm³/mol. The van der Waals surface area contributed by atoms with Gasteiger partial charge in [-0.3, -0.25) is 0 Å². The molecule has 0 saturated carbocycles. The first kappa shape index (κ1) is 25.5. The normalized spacial score (nSPS) is 10.7. The van der Waals surface area contributed by atoms with Crippen molar-refractivity contribution in [2.24, 2.45) is 0 Å². The molecule has 0 radical (unpaired) electrons. The number of hydrogen-bond donors (Lipinski definition) is 1. The quantitative estimate of drug-likeness (QED) is 0.170. The van der Waals surface area contributed by atoms with Gasteiger partial charge in [-0.2, -0.15) is 0 Å². The molecule has 0 aliphatic carbocycles. The van der Waals surface area contributed by atoms with E-state index in [0.717, 1.165) is 19.3 Å². The summed E-state index contributed by atoms with van der Waals surface area (Å²) in [6.45, 7) is 2.56. The standard InChI is InChI=1S/C25H48O/c1-2-3-4-5-6-7-8-9-10-11-12-13-14-15-16-17-18-19-20-21-22-23-24-25-26/h26H,2-20,23-25H2,1H3. The molecule has 0 aromatic carbocycles. The van der Waals surface area contributed by atoms with Crippen molar-refractivity contribution >= 4 is 0 Å². The Balaban J connectivity index is 3.01. The first-order valence-electron chi connectivity index (χ1n) is 12.0. The zero-order valence-corrected chi connectivity index (χ0v) is 18.0. The molecule has 0 aromatic rings. The van der Waals surface area contributed by atoms with E-state index in [1.165, 1.54) is 116 Å². The van der Waals surface area contributed by atoms with Gasteiger partial charge in [0.2, 0.25) is 0 Å². The molecular weight excluding hydrogens is 316 g/mol. The molecule has 0 unspecified atom stereocenters. The smallest absolute Gasteiger partial charge is 0.0440 e. The van der Waals surface area contributed by atoms with Crippen LogP contribution < -0.4 is 0 Å². The Morgan fingerprint density at radius 3 is 1.08 bits per heavy atom. The van der Waals surface area contributed by atoms with Gasteiger partial charge in [-0.15, -0.1) is 11.8 Å². The maximum Gasteiger partial charge on any atom is 0.0440 e. The van der Waals surface area contributed by atoms with E-state index < -0.39 is 0 Å². The fourth-order valence-corrected chi connectivity index (χ4v) is 3.46. The second kappa shape index (κ2) is 24.5. The van der Waals surface area contributed by atoms with Gasteiger partial charge in [-0.1, -0.05) is 116 Å². The van der Waals surface area contributed by atoms with E-state index in [2.05, 4.69) is 18.8 Å². The Kier molecular flexibility index (Phi) is 24.1. The van der Waals surface area contributed by atoms with E-state index in [-0.39, 0.29) is 6.61 Å². The number of rotatable bonds is 20. The SMILES string of the molecule is CCCCCCCCCCCCCCCCCCCCC#CCCCO. The van der Waals surface area contributed by atoms with Crippen molar-refractivity contribution in [3.63, 3.8) is 0 Å². The third kappa shape index (κ3) is 23.5. The fraction of sp³-hybridized carbons (Fsp3) is 0.920. The maximum atomic E-state index is 8.66. The second-order valence-electron chi connectivity index (χ2n) is 7.94. The number of unbranched alkanes of at least 4 members (excludes halogenated alkanes) is 19. The Labute approximate surface area is 165 Å². The van der Waals surface area contributed by atoms with Crippen molar-refractivity contribution in [3.05, 3.63) is 0 Å². The molecule has 0 rings (SSSR count). The highest BCUT2D eigenvalue weighted by atomic mass is 16.2. The molecule has 0 aliphatic heterocycles. The van der Waals surface area contributed by atoms with Crippen molar-refractivity contribution in [3.8, 4) is 11.8 Å². The van der Waals surface area contributed by atoms with Crippen LogP contribution in [-0.2, 0) is 0 Å². The van der Waals surface area contributed by atoms with Crippen molar-refractivity contribution in [1.29, 1.82) is 0 Å². The molecule has 0 heterocycles. The number of hydrogen-bond acceptors (Lipinski definition) is 1. The van der Waals surface area contributed by atoms with Crippen LogP contribution in [0.15, 0.2) is 0 Å². The van der Waals surface area contributed by atoms with Gasteiger partial charge in [-0.25, -0.2) is 0 Å². The Hall–Kier alpha value is -0.480. The minimum atomic E-state index is 0.272. The van der Waals surface area contributed by atoms with Gasteiger partial charge in [0.25, 0.3) is 0 Å². The van der Waals surface area contributed by atoms with E-state index in [1.807, 2.05) is 0 Å². The van der Waals surface area contributed by atoms with E-state index in [4.69, 9.17) is 5.11 Å². The van der Waals surface area contributed by atoms with E-state index in [1.54, 1.807) is 0 Å². The number of aliphatic hydroxyl groups excluding tert-OH is 1. The van der Waals surface area contributed by atoms with Gasteiger partial charge in [0.1, 0.15) is 0 Å². The lowest BCUT2D eigenvalue weighted by atomic mass is 10.0. The van der Waals surface area contributed by atoms with Crippen LogP contribution in [0.1, 0.15) is 142 Å². The molecule has 0 aliphatic rings. The average molecular weight is 365 g/mol. The van der Waals surface area contributed by atoms with E-state index in [0.29, 0.717) is 0 Å². The Bertz CT molecular complexity index is 299. The molecular formula is C25H48O. The summed E-state index contributed by atoms with van der Waals surface area (Å²) in [7, 11) is 0. The molecule has 1 heteroatoms. The van der Waals surface area contributed by atoms with Gasteiger partial charge in [-0.05, 0) is 12.8 Å². The van der Waals surface area contributed by atoms with Crippen LogP contribution in [0.25, 0.3) is 0 Å². The molecule has 0 bridgehead atoms. The van der Waals surface area contributed by atoms with Crippen LogP contribution in [0.2, 0.25) is 0 Å². The molecule has 0 spiro atoms. The van der Waals surface area contributed by atoms with Gasteiger partial charge in [0.15, 0.2) is 0 Å². The molecule has 0 fully saturated rings. The van der Waals surface area contributed by atoms with Crippen molar-refractivity contribution in [2.75, 3.05) is 6.61 Å². The van der Waals surface area contributed by atoms with E-state index in [9.17, 15) is 0 Å². The summed E-state index contributed by atoms with van der Waals surface area (Å²) < 4.78 is 0.